The highest BCUT2D eigenvalue weighted by atomic mass is 79.9. The number of nitrogens with one attached hydrogen (secondary N) is 2. The van der Waals surface area contributed by atoms with Crippen LogP contribution in [0.5, 0.6) is 0 Å². The molecule has 0 bridgehead atoms. The summed E-state index contributed by atoms with van der Waals surface area (Å²) in [6, 6.07) is 0. The maximum Gasteiger partial charge on any atom is 0.236 e. The van der Waals surface area contributed by atoms with Gasteiger partial charge in [-0.2, -0.15) is 0 Å². The highest BCUT2D eigenvalue weighted by Gasteiger charge is 2.23. The second kappa shape index (κ2) is 9.58. The lowest BCUT2D eigenvalue weighted by atomic mass is 10.2. The van der Waals surface area contributed by atoms with Gasteiger partial charge < -0.3 is 10.6 Å². The highest BCUT2D eigenvalue weighted by molar-refractivity contribution is 9.10. The zero-order valence-corrected chi connectivity index (χ0v) is 17.0. The van der Waals surface area contributed by atoms with Crippen LogP contribution in [-0.2, 0) is 9.59 Å². The summed E-state index contributed by atoms with van der Waals surface area (Å²) in [5, 5.41) is 5.71. The summed E-state index contributed by atoms with van der Waals surface area (Å²) in [6.07, 6.45) is 0. The van der Waals surface area contributed by atoms with Crippen molar-refractivity contribution in [3.63, 3.8) is 0 Å². The zero-order chi connectivity index (χ0) is 15.8. The lowest BCUT2D eigenvalue weighted by Crippen LogP contribution is -2.38. The average molecular weight is 450 g/mol. The first kappa shape index (κ1) is 20.6. The molecule has 20 heavy (non-hydrogen) atoms. The average Bonchev–Trinajstić information content (AvgIpc) is 2.29. The minimum Gasteiger partial charge on any atom is -0.354 e. The lowest BCUT2D eigenvalue weighted by molar-refractivity contribution is -0.123. The van der Waals surface area contributed by atoms with Crippen molar-refractivity contribution in [1.29, 1.82) is 0 Å². The van der Waals surface area contributed by atoms with Crippen LogP contribution in [0.1, 0.15) is 27.7 Å². The van der Waals surface area contributed by atoms with Gasteiger partial charge >= 0.3 is 0 Å². The van der Waals surface area contributed by atoms with E-state index in [1.807, 2.05) is 27.7 Å². The van der Waals surface area contributed by atoms with Crippen molar-refractivity contribution < 1.29 is 9.59 Å². The molecule has 0 spiro atoms. The number of carbonyl (C=O) groups is 2. The van der Waals surface area contributed by atoms with Crippen LogP contribution in [0.25, 0.3) is 0 Å². The second-order valence-corrected chi connectivity index (χ2v) is 11.8. The van der Waals surface area contributed by atoms with E-state index in [4.69, 9.17) is 0 Å². The minimum absolute atomic E-state index is 0.00471. The topological polar surface area (TPSA) is 58.2 Å². The van der Waals surface area contributed by atoms with Gasteiger partial charge in [-0.1, -0.05) is 53.4 Å². The Labute approximate surface area is 146 Å². The zero-order valence-electron chi connectivity index (χ0n) is 12.2. The Morgan fingerprint density at radius 3 is 1.40 bits per heavy atom. The predicted octanol–water partition coefficient (Wildman–Crippen LogP) is 2.95. The summed E-state index contributed by atoms with van der Waals surface area (Å²) in [5.74, 6) is 1.68. The molecule has 0 atom stereocenters. The van der Waals surface area contributed by atoms with Crippen LogP contribution >= 0.6 is 53.4 Å². The van der Waals surface area contributed by atoms with E-state index < -0.39 is 8.65 Å². The monoisotopic (exact) mass is 448 g/mol. The highest BCUT2D eigenvalue weighted by Crippen LogP contribution is 2.20. The molecule has 0 aromatic heterocycles. The molecule has 0 aromatic rings. The molecule has 0 radical (unpaired) electrons. The van der Waals surface area contributed by atoms with E-state index in [0.717, 1.165) is 11.5 Å². The molecule has 0 saturated carbocycles. The molecule has 2 N–H and O–H groups in total. The Hall–Kier alpha value is 0.600. The van der Waals surface area contributed by atoms with Gasteiger partial charge in [0.2, 0.25) is 11.8 Å². The van der Waals surface area contributed by atoms with Crippen molar-refractivity contribution in [2.24, 2.45) is 0 Å². The first-order valence-corrected chi connectivity index (χ1v) is 10.3. The van der Waals surface area contributed by atoms with Crippen molar-refractivity contribution in [2.75, 3.05) is 24.6 Å². The van der Waals surface area contributed by atoms with E-state index in [2.05, 4.69) is 42.5 Å². The Balaban J connectivity index is 3.47. The summed E-state index contributed by atoms with van der Waals surface area (Å²) < 4.78 is -1.03. The Morgan fingerprint density at radius 2 is 1.15 bits per heavy atom. The number of rotatable bonds is 9. The molecule has 8 heteroatoms. The first-order chi connectivity index (χ1) is 9.05. The van der Waals surface area contributed by atoms with E-state index >= 15 is 0 Å². The molecule has 4 nitrogen and oxygen atoms in total. The molecular weight excluding hydrogens is 428 g/mol. The van der Waals surface area contributed by atoms with Gasteiger partial charge in [-0.3, -0.25) is 9.59 Å². The molecule has 2 amide bonds. The predicted molar refractivity (Wildman–Crippen MR) is 96.9 cm³/mol. The van der Waals surface area contributed by atoms with Crippen LogP contribution in [0.4, 0.5) is 0 Å². The summed E-state index contributed by atoms with van der Waals surface area (Å²) in [5.41, 5.74) is 0. The van der Waals surface area contributed by atoms with Gasteiger partial charge in [-0.15, -0.1) is 0 Å². The van der Waals surface area contributed by atoms with Gasteiger partial charge in [0.05, 0.1) is 8.65 Å². The summed E-state index contributed by atoms with van der Waals surface area (Å²) in [6.45, 7) is 8.56. The first-order valence-electron chi connectivity index (χ1n) is 6.24. The summed E-state index contributed by atoms with van der Waals surface area (Å²) >= 11 is 6.62. The third-order valence-electron chi connectivity index (χ3n) is 2.11. The summed E-state index contributed by atoms with van der Waals surface area (Å²) in [4.78, 5) is 23.1. The molecule has 0 fully saturated rings. The molecule has 0 saturated heterocycles. The molecule has 0 aromatic carbocycles. The van der Waals surface area contributed by atoms with Crippen LogP contribution in [-0.4, -0.2) is 45.1 Å². The van der Waals surface area contributed by atoms with Crippen molar-refractivity contribution in [1.82, 2.24) is 10.6 Å². The van der Waals surface area contributed by atoms with Crippen molar-refractivity contribution in [2.45, 2.75) is 36.3 Å². The fourth-order valence-corrected chi connectivity index (χ4v) is 3.04. The molecular formula is C12H22Br2N2O2S2. The normalized spacial score (nSPS) is 12.1. The van der Waals surface area contributed by atoms with Gasteiger partial charge in [0.1, 0.15) is 0 Å². The SMILES string of the molecule is CC(C)(Br)C(=O)NCCSSCCNC(=O)C(C)(C)Br. The van der Waals surface area contributed by atoms with Gasteiger partial charge in [-0.25, -0.2) is 0 Å². The van der Waals surface area contributed by atoms with Crippen LogP contribution < -0.4 is 10.6 Å². The van der Waals surface area contributed by atoms with E-state index in [9.17, 15) is 9.59 Å². The number of halogens is 2. The van der Waals surface area contributed by atoms with Crippen LogP contribution in [0.2, 0.25) is 0 Å². The van der Waals surface area contributed by atoms with E-state index in [1.165, 1.54) is 0 Å². The Morgan fingerprint density at radius 1 is 0.850 bits per heavy atom. The second-order valence-electron chi connectivity index (χ2n) is 5.10. The molecule has 0 rings (SSSR count). The maximum atomic E-state index is 11.5. The molecule has 0 heterocycles. The quantitative estimate of drug-likeness (QED) is 0.322. The van der Waals surface area contributed by atoms with Gasteiger partial charge in [0, 0.05) is 24.6 Å². The fraction of sp³-hybridized carbons (Fsp3) is 0.833. The number of alkyl halides is 2. The number of amides is 2. The smallest absolute Gasteiger partial charge is 0.236 e. The molecule has 0 aliphatic rings. The third kappa shape index (κ3) is 10.3. The molecule has 118 valence electrons. The van der Waals surface area contributed by atoms with Crippen LogP contribution in [0, 0.1) is 0 Å². The molecule has 0 aliphatic heterocycles. The fourth-order valence-electron chi connectivity index (χ4n) is 0.951. The van der Waals surface area contributed by atoms with E-state index in [0.29, 0.717) is 13.1 Å². The van der Waals surface area contributed by atoms with Gasteiger partial charge in [0.25, 0.3) is 0 Å². The Kier molecular flexibility index (Phi) is 9.87. The van der Waals surface area contributed by atoms with Crippen molar-refractivity contribution in [3.05, 3.63) is 0 Å². The van der Waals surface area contributed by atoms with E-state index in [-0.39, 0.29) is 11.8 Å². The maximum absolute atomic E-state index is 11.5. The summed E-state index contributed by atoms with van der Waals surface area (Å²) in [7, 11) is 3.38. The van der Waals surface area contributed by atoms with Gasteiger partial charge in [-0.05, 0) is 27.7 Å². The molecule has 0 aliphatic carbocycles. The standard InChI is InChI=1S/C12H22Br2N2O2S2/c1-11(2,13)9(17)15-5-7-19-20-8-6-16-10(18)12(3,4)14/h5-8H2,1-4H3,(H,15,17)(H,16,18). The van der Waals surface area contributed by atoms with Gasteiger partial charge in [0.15, 0.2) is 0 Å². The Bertz CT molecular complexity index is 296. The molecule has 0 unspecified atom stereocenters. The van der Waals surface area contributed by atoms with E-state index in [1.54, 1.807) is 21.6 Å². The van der Waals surface area contributed by atoms with Crippen molar-refractivity contribution in [3.8, 4) is 0 Å². The number of hydrogen-bond donors (Lipinski definition) is 2. The largest absolute Gasteiger partial charge is 0.354 e. The third-order valence-corrected chi connectivity index (χ3v) is 5.23. The minimum atomic E-state index is -0.516. The lowest BCUT2D eigenvalue weighted by Gasteiger charge is -2.16. The van der Waals surface area contributed by atoms with Crippen LogP contribution in [0.3, 0.4) is 0 Å². The number of carbonyl (C=O) groups excluding carboxylic acids is 2. The number of hydrogen-bond acceptors (Lipinski definition) is 4. The van der Waals surface area contributed by atoms with Crippen molar-refractivity contribution >= 4 is 65.3 Å². The van der Waals surface area contributed by atoms with Crippen LogP contribution in [0.15, 0.2) is 0 Å².